The Bertz CT molecular complexity index is 1100. The van der Waals surface area contributed by atoms with Crippen molar-refractivity contribution in [1.29, 1.82) is 5.26 Å². The van der Waals surface area contributed by atoms with E-state index >= 15 is 0 Å². The molecule has 0 aliphatic heterocycles. The zero-order valence-electron chi connectivity index (χ0n) is 14.7. The number of carbonyl (C=O) groups is 1. The molecule has 7 nitrogen and oxygen atoms in total. The average Bonchev–Trinajstić information content (AvgIpc) is 3.19. The van der Waals surface area contributed by atoms with Crippen LogP contribution in [0.3, 0.4) is 0 Å². The topological polar surface area (TPSA) is 105 Å². The zero-order chi connectivity index (χ0) is 19.6. The van der Waals surface area contributed by atoms with Gasteiger partial charge >= 0.3 is 0 Å². The molecule has 3 rings (SSSR count). The monoisotopic (exact) mass is 364 g/mol. The molecule has 0 radical (unpaired) electrons. The molecule has 7 heteroatoms. The predicted molar refractivity (Wildman–Crippen MR) is 96.1 cm³/mol. The summed E-state index contributed by atoms with van der Waals surface area (Å²) in [5, 5.41) is 20.1. The summed E-state index contributed by atoms with van der Waals surface area (Å²) in [6.45, 7) is 1.36. The summed E-state index contributed by atoms with van der Waals surface area (Å²) in [6, 6.07) is 11.5. The molecule has 0 amide bonds. The number of ether oxygens (including phenoxy) is 1. The Kier molecular flexibility index (Phi) is 4.81. The van der Waals surface area contributed by atoms with Crippen LogP contribution in [0.4, 0.5) is 0 Å². The molecule has 0 saturated heterocycles. The van der Waals surface area contributed by atoms with Gasteiger partial charge in [0.15, 0.2) is 5.78 Å². The molecule has 0 aliphatic carbocycles. The summed E-state index contributed by atoms with van der Waals surface area (Å²) in [5.74, 6) is -0.156. The summed E-state index contributed by atoms with van der Waals surface area (Å²) in [7, 11) is 1.48. The van der Waals surface area contributed by atoms with Gasteiger partial charge in [-0.05, 0) is 36.8 Å². The van der Waals surface area contributed by atoms with Crippen LogP contribution in [0.1, 0.15) is 32.8 Å². The summed E-state index contributed by atoms with van der Waals surface area (Å²) >= 11 is 0. The Hall–Kier alpha value is -3.79. The van der Waals surface area contributed by atoms with Crippen LogP contribution in [0.15, 0.2) is 51.9 Å². The van der Waals surface area contributed by atoms with Gasteiger partial charge in [0.2, 0.25) is 5.88 Å². The lowest BCUT2D eigenvalue weighted by Crippen LogP contribution is -2.27. The normalized spacial score (nSPS) is 10.4. The number of aromatic nitrogens is 1. The highest BCUT2D eigenvalue weighted by Crippen LogP contribution is 2.26. The molecule has 1 N–H and O–H groups in total. The number of benzene rings is 1. The third-order valence-corrected chi connectivity index (χ3v) is 4.25. The molecule has 136 valence electrons. The van der Waals surface area contributed by atoms with Gasteiger partial charge in [-0.1, -0.05) is 12.1 Å². The van der Waals surface area contributed by atoms with Gasteiger partial charge in [-0.3, -0.25) is 14.2 Å². The molecular formula is C20H16N2O5. The fourth-order valence-electron chi connectivity index (χ4n) is 2.84. The fraction of sp³-hybridized carbons (Fsp3) is 0.150. The molecule has 3 aromatic rings. The van der Waals surface area contributed by atoms with E-state index in [0.29, 0.717) is 11.5 Å². The minimum Gasteiger partial charge on any atom is -0.497 e. The van der Waals surface area contributed by atoms with E-state index in [1.54, 1.807) is 30.3 Å². The van der Waals surface area contributed by atoms with Crippen molar-refractivity contribution in [2.24, 2.45) is 0 Å². The van der Waals surface area contributed by atoms with Gasteiger partial charge in [-0.25, -0.2) is 0 Å². The van der Waals surface area contributed by atoms with Gasteiger partial charge in [0, 0.05) is 5.56 Å². The fourth-order valence-corrected chi connectivity index (χ4v) is 2.84. The van der Waals surface area contributed by atoms with Gasteiger partial charge in [0.25, 0.3) is 5.56 Å². The molecule has 0 saturated carbocycles. The van der Waals surface area contributed by atoms with Crippen molar-refractivity contribution >= 4 is 5.78 Å². The van der Waals surface area contributed by atoms with Crippen LogP contribution in [0.2, 0.25) is 0 Å². The molecule has 0 fully saturated rings. The van der Waals surface area contributed by atoms with Crippen LogP contribution in [-0.2, 0) is 6.54 Å². The van der Waals surface area contributed by atoms with E-state index in [2.05, 4.69) is 0 Å². The zero-order valence-corrected chi connectivity index (χ0v) is 14.7. The SMILES string of the molecule is COc1cccc(C(=O)c2c(C)c(C#N)c(=O)n(Cc3ccco3)c2O)c1. The molecule has 0 bridgehead atoms. The Labute approximate surface area is 154 Å². The maximum absolute atomic E-state index is 13.0. The minimum atomic E-state index is -0.689. The first-order valence-corrected chi connectivity index (χ1v) is 8.05. The maximum atomic E-state index is 13.0. The van der Waals surface area contributed by atoms with Gasteiger partial charge in [-0.2, -0.15) is 5.26 Å². The summed E-state index contributed by atoms with van der Waals surface area (Å²) < 4.78 is 11.3. The summed E-state index contributed by atoms with van der Waals surface area (Å²) in [5.41, 5.74) is -0.606. The molecule has 1 aromatic carbocycles. The largest absolute Gasteiger partial charge is 0.497 e. The number of carbonyl (C=O) groups excluding carboxylic acids is 1. The van der Waals surface area contributed by atoms with E-state index in [1.807, 2.05) is 6.07 Å². The predicted octanol–water partition coefficient (Wildman–Crippen LogP) is 2.61. The number of rotatable bonds is 5. The summed E-state index contributed by atoms with van der Waals surface area (Å²) in [6.07, 6.45) is 1.43. The van der Waals surface area contributed by atoms with Crippen LogP contribution in [0.25, 0.3) is 0 Å². The van der Waals surface area contributed by atoms with Crippen molar-refractivity contribution in [3.63, 3.8) is 0 Å². The van der Waals surface area contributed by atoms with Gasteiger partial charge in [0.1, 0.15) is 23.1 Å². The quantitative estimate of drug-likeness (QED) is 0.698. The van der Waals surface area contributed by atoms with E-state index < -0.39 is 17.2 Å². The van der Waals surface area contributed by atoms with E-state index in [-0.39, 0.29) is 28.8 Å². The second-order valence-electron chi connectivity index (χ2n) is 5.84. The van der Waals surface area contributed by atoms with Gasteiger partial charge in [-0.15, -0.1) is 0 Å². The van der Waals surface area contributed by atoms with Crippen LogP contribution < -0.4 is 10.3 Å². The number of furan rings is 1. The third-order valence-electron chi connectivity index (χ3n) is 4.25. The van der Waals surface area contributed by atoms with Crippen molar-refractivity contribution in [2.45, 2.75) is 13.5 Å². The van der Waals surface area contributed by atoms with Crippen molar-refractivity contribution in [3.8, 4) is 17.7 Å². The molecule has 0 atom stereocenters. The average molecular weight is 364 g/mol. The van der Waals surface area contributed by atoms with Crippen LogP contribution in [0, 0.1) is 18.3 Å². The van der Waals surface area contributed by atoms with Gasteiger partial charge < -0.3 is 14.3 Å². The Morgan fingerprint density at radius 1 is 1.33 bits per heavy atom. The Balaban J connectivity index is 2.21. The number of aromatic hydroxyl groups is 1. The van der Waals surface area contributed by atoms with E-state index in [1.165, 1.54) is 26.4 Å². The number of pyridine rings is 1. The van der Waals surface area contributed by atoms with Crippen LogP contribution >= 0.6 is 0 Å². The molecule has 27 heavy (non-hydrogen) atoms. The lowest BCUT2D eigenvalue weighted by molar-refractivity contribution is 0.103. The molecule has 0 unspecified atom stereocenters. The highest BCUT2D eigenvalue weighted by molar-refractivity contribution is 6.11. The standard InChI is InChI=1S/C20H16N2O5/c1-12-16(10-21)19(24)22(11-15-7-4-8-27-15)20(25)17(12)18(23)13-5-3-6-14(9-13)26-2/h3-9,25H,11H2,1-2H3. The highest BCUT2D eigenvalue weighted by atomic mass is 16.5. The molecule has 2 aromatic heterocycles. The van der Waals surface area contributed by atoms with E-state index in [4.69, 9.17) is 9.15 Å². The van der Waals surface area contributed by atoms with E-state index in [0.717, 1.165) is 4.57 Å². The van der Waals surface area contributed by atoms with E-state index in [9.17, 15) is 20.0 Å². The Morgan fingerprint density at radius 3 is 2.74 bits per heavy atom. The lowest BCUT2D eigenvalue weighted by Gasteiger charge is -2.15. The van der Waals surface area contributed by atoms with Crippen LogP contribution in [0.5, 0.6) is 11.6 Å². The number of methoxy groups -OCH3 is 1. The van der Waals surface area contributed by atoms with Crippen LogP contribution in [-0.4, -0.2) is 22.6 Å². The maximum Gasteiger partial charge on any atom is 0.271 e. The molecule has 0 spiro atoms. The first-order valence-electron chi connectivity index (χ1n) is 8.05. The highest BCUT2D eigenvalue weighted by Gasteiger charge is 2.25. The van der Waals surface area contributed by atoms with Crippen molar-refractivity contribution < 1.29 is 19.1 Å². The second kappa shape index (κ2) is 7.22. The number of hydrogen-bond donors (Lipinski definition) is 1. The van der Waals surface area contributed by atoms with Crippen molar-refractivity contribution in [2.75, 3.05) is 7.11 Å². The molecular weight excluding hydrogens is 348 g/mol. The first-order chi connectivity index (χ1) is 13.0. The number of hydrogen-bond acceptors (Lipinski definition) is 6. The molecule has 2 heterocycles. The van der Waals surface area contributed by atoms with Crippen molar-refractivity contribution in [3.05, 3.63) is 81.0 Å². The Morgan fingerprint density at radius 2 is 2.11 bits per heavy atom. The van der Waals surface area contributed by atoms with Crippen molar-refractivity contribution in [1.82, 2.24) is 4.57 Å². The van der Waals surface area contributed by atoms with Gasteiger partial charge in [0.05, 0.1) is 25.5 Å². The molecule has 0 aliphatic rings. The number of nitriles is 1. The number of ketones is 1. The second-order valence-corrected chi connectivity index (χ2v) is 5.84. The third kappa shape index (κ3) is 3.20. The summed E-state index contributed by atoms with van der Waals surface area (Å²) in [4.78, 5) is 25.6. The minimum absolute atomic E-state index is 0.106. The smallest absolute Gasteiger partial charge is 0.271 e. The lowest BCUT2D eigenvalue weighted by atomic mass is 9.97. The first kappa shape index (κ1) is 18.0. The number of nitrogens with zero attached hydrogens (tertiary/aromatic N) is 2.